The normalized spacial score (nSPS) is 17.4. The molecule has 4 rings (SSSR count). The highest BCUT2D eigenvalue weighted by atomic mass is 32.2. The molecule has 2 fully saturated rings. The number of nitrogens with zero attached hydrogens (tertiary/aromatic N) is 3. The molecule has 0 atom stereocenters. The van der Waals surface area contributed by atoms with Crippen LogP contribution in [-0.4, -0.2) is 49.8 Å². The standard InChI is InChI=1S/C24H32N4O3S/c29-23(26-19-21-7-6-14-25-24(21)27-15-2-1-3-16-27)13-10-20-8-11-22(12-9-20)32(30,31)28-17-4-5-18-28/h6-9,11-12,14H,1-5,10,13,15-19H2,(H,26,29). The third-order valence-electron chi connectivity index (χ3n) is 6.27. The fraction of sp³-hybridized carbons (Fsp3) is 0.500. The van der Waals surface area contributed by atoms with E-state index < -0.39 is 10.0 Å². The second kappa shape index (κ2) is 10.4. The minimum atomic E-state index is -3.40. The van der Waals surface area contributed by atoms with E-state index in [1.165, 1.54) is 19.3 Å². The molecule has 0 radical (unpaired) electrons. The SMILES string of the molecule is O=C(CCc1ccc(S(=O)(=O)N2CCCC2)cc1)NCc1cccnc1N1CCCCC1. The number of aryl methyl sites for hydroxylation is 1. The van der Waals surface area contributed by atoms with Gasteiger partial charge in [0, 0.05) is 50.9 Å². The van der Waals surface area contributed by atoms with Crippen LogP contribution in [0.2, 0.25) is 0 Å². The van der Waals surface area contributed by atoms with Crippen LogP contribution in [0.4, 0.5) is 5.82 Å². The smallest absolute Gasteiger partial charge is 0.243 e. The van der Waals surface area contributed by atoms with Gasteiger partial charge in [0.25, 0.3) is 0 Å². The maximum atomic E-state index is 12.6. The van der Waals surface area contributed by atoms with Crippen molar-refractivity contribution < 1.29 is 13.2 Å². The molecule has 7 nitrogen and oxygen atoms in total. The van der Waals surface area contributed by atoms with Gasteiger partial charge in [0.05, 0.1) is 4.90 Å². The molecule has 2 aliphatic rings. The molecule has 0 aliphatic carbocycles. The van der Waals surface area contributed by atoms with Crippen LogP contribution in [0.1, 0.15) is 49.7 Å². The van der Waals surface area contributed by atoms with Gasteiger partial charge in [0.15, 0.2) is 0 Å². The molecule has 0 spiro atoms. The first-order valence-electron chi connectivity index (χ1n) is 11.6. The van der Waals surface area contributed by atoms with Gasteiger partial charge in [0.1, 0.15) is 5.82 Å². The average Bonchev–Trinajstić information content (AvgIpc) is 3.38. The number of hydrogen-bond acceptors (Lipinski definition) is 5. The zero-order valence-electron chi connectivity index (χ0n) is 18.5. The summed E-state index contributed by atoms with van der Waals surface area (Å²) in [6.07, 6.45) is 8.21. The van der Waals surface area contributed by atoms with Crippen LogP contribution >= 0.6 is 0 Å². The van der Waals surface area contributed by atoms with Crippen molar-refractivity contribution in [2.75, 3.05) is 31.1 Å². The quantitative estimate of drug-likeness (QED) is 0.660. The molecule has 1 aromatic carbocycles. The molecular formula is C24H32N4O3S. The molecule has 1 aromatic heterocycles. The summed E-state index contributed by atoms with van der Waals surface area (Å²) in [7, 11) is -3.40. The molecule has 2 aliphatic heterocycles. The Bertz CT molecular complexity index is 1010. The van der Waals surface area contributed by atoms with Gasteiger partial charge < -0.3 is 10.2 Å². The van der Waals surface area contributed by atoms with E-state index in [2.05, 4.69) is 15.2 Å². The van der Waals surface area contributed by atoms with Gasteiger partial charge in [-0.3, -0.25) is 4.79 Å². The Kier molecular flexibility index (Phi) is 7.42. The maximum absolute atomic E-state index is 12.6. The predicted molar refractivity (Wildman–Crippen MR) is 125 cm³/mol. The average molecular weight is 457 g/mol. The van der Waals surface area contributed by atoms with Gasteiger partial charge >= 0.3 is 0 Å². The van der Waals surface area contributed by atoms with Crippen molar-refractivity contribution in [3.63, 3.8) is 0 Å². The number of hydrogen-bond donors (Lipinski definition) is 1. The van der Waals surface area contributed by atoms with Crippen molar-refractivity contribution in [1.29, 1.82) is 0 Å². The lowest BCUT2D eigenvalue weighted by molar-refractivity contribution is -0.121. The fourth-order valence-electron chi connectivity index (χ4n) is 4.40. The van der Waals surface area contributed by atoms with E-state index in [0.29, 0.717) is 37.4 Å². The summed E-state index contributed by atoms with van der Waals surface area (Å²) in [5.41, 5.74) is 2.00. The Labute approximate surface area is 190 Å². The number of benzene rings is 1. The third kappa shape index (κ3) is 5.48. The van der Waals surface area contributed by atoms with Gasteiger partial charge in [-0.1, -0.05) is 18.2 Å². The van der Waals surface area contributed by atoms with E-state index in [0.717, 1.165) is 42.9 Å². The van der Waals surface area contributed by atoms with Crippen molar-refractivity contribution >= 4 is 21.7 Å². The number of amides is 1. The Morgan fingerprint density at radius 3 is 2.34 bits per heavy atom. The van der Waals surface area contributed by atoms with Gasteiger partial charge in [-0.25, -0.2) is 13.4 Å². The molecular weight excluding hydrogens is 424 g/mol. The van der Waals surface area contributed by atoms with Gasteiger partial charge in [-0.05, 0) is 62.3 Å². The van der Waals surface area contributed by atoms with Crippen LogP contribution in [0.5, 0.6) is 0 Å². The van der Waals surface area contributed by atoms with E-state index in [1.807, 2.05) is 30.5 Å². The summed E-state index contributed by atoms with van der Waals surface area (Å²) in [4.78, 5) is 19.6. The molecule has 8 heteroatoms. The van der Waals surface area contributed by atoms with Gasteiger partial charge in [-0.2, -0.15) is 4.31 Å². The van der Waals surface area contributed by atoms with Crippen LogP contribution in [0.3, 0.4) is 0 Å². The summed E-state index contributed by atoms with van der Waals surface area (Å²) in [5, 5.41) is 3.01. The molecule has 1 amide bonds. The summed E-state index contributed by atoms with van der Waals surface area (Å²) in [6, 6.07) is 10.9. The number of nitrogens with one attached hydrogen (secondary N) is 1. The minimum absolute atomic E-state index is 0.0211. The van der Waals surface area contributed by atoms with Crippen LogP contribution in [-0.2, 0) is 27.8 Å². The highest BCUT2D eigenvalue weighted by Crippen LogP contribution is 2.22. The molecule has 1 N–H and O–H groups in total. The minimum Gasteiger partial charge on any atom is -0.356 e. The highest BCUT2D eigenvalue weighted by Gasteiger charge is 2.26. The van der Waals surface area contributed by atoms with Crippen LogP contribution < -0.4 is 10.2 Å². The second-order valence-electron chi connectivity index (χ2n) is 8.57. The Balaban J connectivity index is 1.28. The number of anilines is 1. The largest absolute Gasteiger partial charge is 0.356 e. The number of aromatic nitrogens is 1. The summed E-state index contributed by atoms with van der Waals surface area (Å²) in [5.74, 6) is 0.953. The van der Waals surface area contributed by atoms with Crippen molar-refractivity contribution in [1.82, 2.24) is 14.6 Å². The number of carbonyl (C=O) groups excluding carboxylic acids is 1. The van der Waals surface area contributed by atoms with Crippen molar-refractivity contribution in [2.24, 2.45) is 0 Å². The number of pyridine rings is 1. The summed E-state index contributed by atoms with van der Waals surface area (Å²) >= 11 is 0. The zero-order chi connectivity index (χ0) is 22.4. The molecule has 0 saturated carbocycles. The fourth-order valence-corrected chi connectivity index (χ4v) is 5.92. The first-order valence-corrected chi connectivity index (χ1v) is 13.0. The first kappa shape index (κ1) is 22.7. The van der Waals surface area contributed by atoms with E-state index >= 15 is 0 Å². The predicted octanol–water partition coefficient (Wildman–Crippen LogP) is 3.11. The monoisotopic (exact) mass is 456 g/mol. The third-order valence-corrected chi connectivity index (χ3v) is 8.18. The van der Waals surface area contributed by atoms with E-state index in [9.17, 15) is 13.2 Å². The molecule has 3 heterocycles. The molecule has 2 saturated heterocycles. The zero-order valence-corrected chi connectivity index (χ0v) is 19.3. The Hall–Kier alpha value is -2.45. The van der Waals surface area contributed by atoms with E-state index in [1.54, 1.807) is 16.4 Å². The van der Waals surface area contributed by atoms with E-state index in [-0.39, 0.29) is 5.91 Å². The number of carbonyl (C=O) groups is 1. The lowest BCUT2D eigenvalue weighted by Crippen LogP contribution is -2.32. The highest BCUT2D eigenvalue weighted by molar-refractivity contribution is 7.89. The van der Waals surface area contributed by atoms with E-state index in [4.69, 9.17) is 0 Å². The maximum Gasteiger partial charge on any atom is 0.243 e. The van der Waals surface area contributed by atoms with Crippen molar-refractivity contribution in [3.05, 3.63) is 53.7 Å². The Morgan fingerprint density at radius 2 is 1.62 bits per heavy atom. The van der Waals surface area contributed by atoms with Crippen LogP contribution in [0.15, 0.2) is 47.5 Å². The van der Waals surface area contributed by atoms with Crippen molar-refractivity contribution in [2.45, 2.75) is 56.4 Å². The molecule has 0 bridgehead atoms. The van der Waals surface area contributed by atoms with Gasteiger partial charge in [-0.15, -0.1) is 0 Å². The Morgan fingerprint density at radius 1 is 0.938 bits per heavy atom. The second-order valence-corrected chi connectivity index (χ2v) is 10.5. The number of piperidine rings is 1. The lowest BCUT2D eigenvalue weighted by Gasteiger charge is -2.29. The summed E-state index contributed by atoms with van der Waals surface area (Å²) in [6.45, 7) is 3.69. The van der Waals surface area contributed by atoms with Crippen molar-refractivity contribution in [3.8, 4) is 0 Å². The van der Waals surface area contributed by atoms with Gasteiger partial charge in [0.2, 0.25) is 15.9 Å². The molecule has 172 valence electrons. The topological polar surface area (TPSA) is 82.6 Å². The molecule has 0 unspecified atom stereocenters. The number of sulfonamides is 1. The lowest BCUT2D eigenvalue weighted by atomic mass is 10.1. The van der Waals surface area contributed by atoms with Crippen LogP contribution in [0, 0.1) is 0 Å². The number of rotatable bonds is 8. The first-order chi connectivity index (χ1) is 15.5. The van der Waals surface area contributed by atoms with Crippen LogP contribution in [0.25, 0.3) is 0 Å². The molecule has 2 aromatic rings. The molecule has 32 heavy (non-hydrogen) atoms. The summed E-state index contributed by atoms with van der Waals surface area (Å²) < 4.78 is 26.8.